The van der Waals surface area contributed by atoms with Gasteiger partial charge in [-0.05, 0) is 37.8 Å². The minimum Gasteiger partial charge on any atom is -0.406 e. The Morgan fingerprint density at radius 3 is 2.70 bits per heavy atom. The molecule has 0 radical (unpaired) electrons. The summed E-state index contributed by atoms with van der Waals surface area (Å²) in [4.78, 5) is 5.14. The number of benzene rings is 1. The zero-order chi connectivity index (χ0) is 19.0. The highest BCUT2D eigenvalue weighted by molar-refractivity contribution is 7.20. The number of fused-ring (bicyclic) bond motifs is 1. The Kier molecular flexibility index (Phi) is 4.68. The highest BCUT2D eigenvalue weighted by Crippen LogP contribution is 2.30. The zero-order valence-corrected chi connectivity index (χ0v) is 15.1. The molecule has 1 aliphatic rings. The van der Waals surface area contributed by atoms with Gasteiger partial charge in [0.1, 0.15) is 5.75 Å². The van der Waals surface area contributed by atoms with Crippen molar-refractivity contribution < 1.29 is 17.9 Å². The molecule has 0 spiro atoms. The summed E-state index contributed by atoms with van der Waals surface area (Å²) < 4.78 is 42.8. The number of alkyl halides is 3. The van der Waals surface area contributed by atoms with E-state index in [9.17, 15) is 13.2 Å². The lowest BCUT2D eigenvalue weighted by Crippen LogP contribution is -2.32. The first-order valence-corrected chi connectivity index (χ1v) is 9.42. The summed E-state index contributed by atoms with van der Waals surface area (Å²) in [5, 5.41) is 8.67. The van der Waals surface area contributed by atoms with Crippen LogP contribution in [0.1, 0.15) is 25.7 Å². The van der Waals surface area contributed by atoms with E-state index in [2.05, 4.69) is 20.1 Å². The van der Waals surface area contributed by atoms with Gasteiger partial charge in [-0.2, -0.15) is 0 Å². The number of nitrogens with zero attached hydrogens (tertiary/aromatic N) is 3. The molecule has 0 atom stereocenters. The molecule has 1 fully saturated rings. The van der Waals surface area contributed by atoms with E-state index in [1.54, 1.807) is 16.8 Å². The van der Waals surface area contributed by atoms with Gasteiger partial charge in [-0.25, -0.2) is 9.50 Å². The van der Waals surface area contributed by atoms with Gasteiger partial charge in [-0.15, -0.1) is 18.3 Å². The average molecular weight is 397 g/mol. The lowest BCUT2D eigenvalue weighted by Gasteiger charge is -2.26. The Hall–Kier alpha value is -2.33. The number of hydrogen-bond donors (Lipinski definition) is 2. The van der Waals surface area contributed by atoms with Crippen molar-refractivity contribution in [3.8, 4) is 17.0 Å². The molecule has 27 heavy (non-hydrogen) atoms. The number of anilines is 1. The highest BCUT2D eigenvalue weighted by Gasteiger charge is 2.31. The first kappa shape index (κ1) is 18.1. The van der Waals surface area contributed by atoms with Crippen LogP contribution in [0, 0.1) is 0 Å². The molecule has 0 saturated heterocycles. The SMILES string of the molecule is NC1CCC(Nc2nn3cc(-c4cccc(OC(F)(F)F)c4)nc3s2)CC1. The summed E-state index contributed by atoms with van der Waals surface area (Å²) in [5.41, 5.74) is 7.00. The van der Waals surface area contributed by atoms with Crippen molar-refractivity contribution in [2.45, 2.75) is 44.1 Å². The van der Waals surface area contributed by atoms with Gasteiger partial charge in [0.2, 0.25) is 10.1 Å². The number of ether oxygens (including phenoxy) is 1. The zero-order valence-electron chi connectivity index (χ0n) is 14.2. The van der Waals surface area contributed by atoms with Crippen molar-refractivity contribution in [3.63, 3.8) is 0 Å². The number of hydrogen-bond acceptors (Lipinski definition) is 6. The van der Waals surface area contributed by atoms with Gasteiger partial charge in [-0.1, -0.05) is 23.5 Å². The van der Waals surface area contributed by atoms with Crippen LogP contribution in [-0.4, -0.2) is 33.0 Å². The van der Waals surface area contributed by atoms with Gasteiger partial charge in [-0.3, -0.25) is 0 Å². The summed E-state index contributed by atoms with van der Waals surface area (Å²) in [6.07, 6.45) is 1.00. The second-order valence-electron chi connectivity index (χ2n) is 6.59. The van der Waals surface area contributed by atoms with Crippen LogP contribution in [0.15, 0.2) is 30.5 Å². The molecule has 0 aliphatic heterocycles. The van der Waals surface area contributed by atoms with Crippen molar-refractivity contribution in [3.05, 3.63) is 30.5 Å². The predicted octanol–water partition coefficient (Wildman–Crippen LogP) is 4.04. The van der Waals surface area contributed by atoms with Gasteiger partial charge in [0, 0.05) is 17.6 Å². The first-order chi connectivity index (χ1) is 12.9. The van der Waals surface area contributed by atoms with Crippen LogP contribution >= 0.6 is 11.3 Å². The predicted molar refractivity (Wildman–Crippen MR) is 96.8 cm³/mol. The number of imidazole rings is 1. The van der Waals surface area contributed by atoms with Crippen LogP contribution in [0.5, 0.6) is 5.75 Å². The van der Waals surface area contributed by atoms with E-state index in [0.717, 1.165) is 30.8 Å². The maximum atomic E-state index is 12.4. The quantitative estimate of drug-likeness (QED) is 0.695. The van der Waals surface area contributed by atoms with Crippen molar-refractivity contribution in [2.24, 2.45) is 5.73 Å². The molecule has 0 unspecified atom stereocenters. The van der Waals surface area contributed by atoms with E-state index in [1.165, 1.54) is 29.5 Å². The maximum absolute atomic E-state index is 12.4. The molecule has 3 N–H and O–H groups in total. The lowest BCUT2D eigenvalue weighted by atomic mass is 9.92. The summed E-state index contributed by atoms with van der Waals surface area (Å²) in [7, 11) is 0. The summed E-state index contributed by atoms with van der Waals surface area (Å²) in [6.45, 7) is 0. The number of halogens is 3. The normalized spacial score (nSPS) is 20.7. The van der Waals surface area contributed by atoms with Crippen molar-refractivity contribution in [1.29, 1.82) is 0 Å². The molecule has 1 aromatic carbocycles. The van der Waals surface area contributed by atoms with Crippen molar-refractivity contribution >= 4 is 21.4 Å². The van der Waals surface area contributed by atoms with E-state index < -0.39 is 6.36 Å². The summed E-state index contributed by atoms with van der Waals surface area (Å²) >= 11 is 1.41. The number of aromatic nitrogens is 3. The van der Waals surface area contributed by atoms with Crippen molar-refractivity contribution in [2.75, 3.05) is 5.32 Å². The smallest absolute Gasteiger partial charge is 0.406 e. The maximum Gasteiger partial charge on any atom is 0.573 e. The molecule has 0 amide bonds. The fourth-order valence-electron chi connectivity index (χ4n) is 3.19. The topological polar surface area (TPSA) is 77.5 Å². The molecule has 1 aliphatic carbocycles. The standard InChI is InChI=1S/C17H18F3N5OS/c18-17(19,20)26-13-3-1-2-10(8-13)14-9-25-16(23-14)27-15(24-25)22-12-6-4-11(21)5-7-12/h1-3,8-9,11-12H,4-7,21H2,(H,22,24). The van der Waals surface area contributed by atoms with E-state index in [0.29, 0.717) is 22.3 Å². The van der Waals surface area contributed by atoms with E-state index in [1.807, 2.05) is 0 Å². The van der Waals surface area contributed by atoms with Crippen LogP contribution in [0.25, 0.3) is 16.2 Å². The van der Waals surface area contributed by atoms with E-state index in [-0.39, 0.29) is 11.8 Å². The van der Waals surface area contributed by atoms with Gasteiger partial charge in [0.15, 0.2) is 0 Å². The van der Waals surface area contributed by atoms with Gasteiger partial charge in [0.25, 0.3) is 0 Å². The molecule has 2 aromatic heterocycles. The Bertz CT molecular complexity index is 899. The first-order valence-electron chi connectivity index (χ1n) is 8.60. The summed E-state index contributed by atoms with van der Waals surface area (Å²) in [6, 6.07) is 6.39. The largest absolute Gasteiger partial charge is 0.573 e. The minimum absolute atomic E-state index is 0.276. The molecular formula is C17H18F3N5OS. The van der Waals surface area contributed by atoms with Crippen LogP contribution in [0.3, 0.4) is 0 Å². The number of rotatable bonds is 4. The fourth-order valence-corrected chi connectivity index (χ4v) is 4.05. The van der Waals surface area contributed by atoms with Gasteiger partial charge < -0.3 is 15.8 Å². The molecule has 3 aromatic rings. The van der Waals surface area contributed by atoms with E-state index in [4.69, 9.17) is 5.73 Å². The molecule has 144 valence electrons. The van der Waals surface area contributed by atoms with E-state index >= 15 is 0 Å². The third kappa shape index (κ3) is 4.33. The summed E-state index contributed by atoms with van der Waals surface area (Å²) in [5.74, 6) is -0.276. The Labute approximate surface area is 157 Å². The Morgan fingerprint density at radius 2 is 2.00 bits per heavy atom. The van der Waals surface area contributed by atoms with Crippen LogP contribution in [-0.2, 0) is 0 Å². The molecule has 2 heterocycles. The third-order valence-corrected chi connectivity index (χ3v) is 5.36. The number of nitrogens with two attached hydrogens (primary N) is 1. The van der Waals surface area contributed by atoms with Gasteiger partial charge in [0.05, 0.1) is 11.9 Å². The molecular weight excluding hydrogens is 379 g/mol. The molecule has 1 saturated carbocycles. The fraction of sp³-hybridized carbons (Fsp3) is 0.412. The van der Waals surface area contributed by atoms with Gasteiger partial charge >= 0.3 is 6.36 Å². The minimum atomic E-state index is -4.72. The Balaban J connectivity index is 1.50. The second kappa shape index (κ2) is 7.01. The third-order valence-electron chi connectivity index (χ3n) is 4.51. The average Bonchev–Trinajstić information content (AvgIpc) is 3.14. The van der Waals surface area contributed by atoms with Crippen LogP contribution in [0.2, 0.25) is 0 Å². The lowest BCUT2D eigenvalue weighted by molar-refractivity contribution is -0.274. The highest BCUT2D eigenvalue weighted by atomic mass is 32.1. The monoisotopic (exact) mass is 397 g/mol. The van der Waals surface area contributed by atoms with Crippen molar-refractivity contribution in [1.82, 2.24) is 14.6 Å². The number of nitrogens with one attached hydrogen (secondary N) is 1. The second-order valence-corrected chi connectivity index (χ2v) is 7.55. The van der Waals surface area contributed by atoms with Crippen LogP contribution in [0.4, 0.5) is 18.3 Å². The molecule has 10 heteroatoms. The Morgan fingerprint density at radius 1 is 1.22 bits per heavy atom. The molecule has 6 nitrogen and oxygen atoms in total. The molecule has 4 rings (SSSR count). The molecule has 0 bridgehead atoms. The van der Waals surface area contributed by atoms with Crippen LogP contribution < -0.4 is 15.8 Å².